The number of hydrogen-bond donors (Lipinski definition) is 0. The molecule has 4 heterocycles. The van der Waals surface area contributed by atoms with Gasteiger partial charge in [-0.05, 0) is 44.4 Å². The van der Waals surface area contributed by atoms with Crippen LogP contribution in [0.25, 0.3) is 0 Å². The summed E-state index contributed by atoms with van der Waals surface area (Å²) in [4.78, 5) is 21.7. The summed E-state index contributed by atoms with van der Waals surface area (Å²) in [5.41, 5.74) is -0.0205. The van der Waals surface area contributed by atoms with Gasteiger partial charge in [0.2, 0.25) is 21.8 Å². The number of likely N-dealkylation sites (tertiary alicyclic amines) is 2. The smallest absolute Gasteiger partial charge is 0.244 e. The average Bonchev–Trinajstić information content (AvgIpc) is 3.13. The van der Waals surface area contributed by atoms with Crippen molar-refractivity contribution in [3.05, 3.63) is 11.7 Å². The summed E-state index contributed by atoms with van der Waals surface area (Å²) in [6.45, 7) is 5.65. The normalized spacial score (nSPS) is 26.2. The van der Waals surface area contributed by atoms with Crippen LogP contribution >= 0.6 is 0 Å². The molecule has 1 spiro atoms. The van der Waals surface area contributed by atoms with Crippen LogP contribution in [-0.4, -0.2) is 84.1 Å². The third-order valence-electron chi connectivity index (χ3n) is 6.98. The first-order chi connectivity index (χ1) is 14.3. The van der Waals surface area contributed by atoms with Gasteiger partial charge in [0, 0.05) is 32.7 Å². The zero-order valence-electron chi connectivity index (χ0n) is 18.0. The third-order valence-corrected chi connectivity index (χ3v) is 8.29. The fraction of sp³-hybridized carbons (Fsp3) is 0.850. The van der Waals surface area contributed by atoms with Crippen LogP contribution in [0.3, 0.4) is 0 Å². The second kappa shape index (κ2) is 8.55. The average molecular weight is 440 g/mol. The number of piperidine rings is 1. The predicted octanol–water partition coefficient (Wildman–Crippen LogP) is 1.57. The van der Waals surface area contributed by atoms with Crippen molar-refractivity contribution in [2.24, 2.45) is 5.41 Å². The van der Waals surface area contributed by atoms with E-state index in [1.807, 2.05) is 4.90 Å². The van der Waals surface area contributed by atoms with Gasteiger partial charge in [-0.15, -0.1) is 0 Å². The van der Waals surface area contributed by atoms with Crippen molar-refractivity contribution in [2.45, 2.75) is 57.9 Å². The fourth-order valence-electron chi connectivity index (χ4n) is 5.25. The van der Waals surface area contributed by atoms with E-state index in [1.54, 1.807) is 11.2 Å². The first-order valence-corrected chi connectivity index (χ1v) is 12.9. The minimum Gasteiger partial charge on any atom is -0.342 e. The highest BCUT2D eigenvalue weighted by Crippen LogP contribution is 2.48. The van der Waals surface area contributed by atoms with Crippen LogP contribution in [0.1, 0.15) is 62.7 Å². The summed E-state index contributed by atoms with van der Waals surface area (Å²) in [5.74, 6) is 1.33. The van der Waals surface area contributed by atoms with Gasteiger partial charge in [-0.3, -0.25) is 9.69 Å². The van der Waals surface area contributed by atoms with Gasteiger partial charge in [0.05, 0.1) is 18.8 Å². The van der Waals surface area contributed by atoms with Crippen molar-refractivity contribution in [2.75, 3.05) is 45.5 Å². The molecule has 3 saturated heterocycles. The van der Waals surface area contributed by atoms with Crippen LogP contribution < -0.4 is 0 Å². The molecule has 3 aliphatic rings. The van der Waals surface area contributed by atoms with Crippen LogP contribution in [0.5, 0.6) is 0 Å². The Labute approximate surface area is 178 Å². The third kappa shape index (κ3) is 4.70. The second-order valence-corrected chi connectivity index (χ2v) is 11.2. The topological polar surface area (TPSA) is 99.8 Å². The largest absolute Gasteiger partial charge is 0.342 e. The number of rotatable bonds is 4. The molecule has 168 valence electrons. The van der Waals surface area contributed by atoms with Crippen LogP contribution in [0.2, 0.25) is 0 Å². The number of hydrogen-bond acceptors (Lipinski definition) is 7. The van der Waals surface area contributed by atoms with E-state index in [0.717, 1.165) is 51.7 Å². The van der Waals surface area contributed by atoms with Crippen LogP contribution in [-0.2, 0) is 14.8 Å². The molecule has 1 atom stereocenters. The number of aromatic nitrogens is 2. The van der Waals surface area contributed by atoms with Gasteiger partial charge in [0.15, 0.2) is 5.82 Å². The SMILES string of the molecule is Cc1noc(C2CC3(CCN(S(C)(=O)=O)CC3)CN2CC(=O)N2CCCCCC2)n1. The lowest BCUT2D eigenvalue weighted by molar-refractivity contribution is -0.132. The summed E-state index contributed by atoms with van der Waals surface area (Å²) in [6, 6.07) is -0.0908. The molecule has 0 radical (unpaired) electrons. The van der Waals surface area contributed by atoms with Gasteiger partial charge in [-0.25, -0.2) is 12.7 Å². The van der Waals surface area contributed by atoms with Gasteiger partial charge in [-0.1, -0.05) is 18.0 Å². The molecule has 0 aromatic carbocycles. The summed E-state index contributed by atoms with van der Waals surface area (Å²) >= 11 is 0. The maximum atomic E-state index is 13.1. The highest BCUT2D eigenvalue weighted by atomic mass is 32.2. The molecule has 9 nitrogen and oxygen atoms in total. The first-order valence-electron chi connectivity index (χ1n) is 11.0. The van der Waals surface area contributed by atoms with E-state index in [-0.39, 0.29) is 17.4 Å². The van der Waals surface area contributed by atoms with E-state index in [0.29, 0.717) is 31.3 Å². The minimum absolute atomic E-state index is 0.0205. The number of carbonyl (C=O) groups excluding carboxylic acids is 1. The van der Waals surface area contributed by atoms with E-state index >= 15 is 0 Å². The second-order valence-electron chi connectivity index (χ2n) is 9.26. The molecule has 1 unspecified atom stereocenters. The number of sulfonamides is 1. The Kier molecular flexibility index (Phi) is 6.18. The number of aryl methyl sites for hydroxylation is 1. The summed E-state index contributed by atoms with van der Waals surface area (Å²) in [5, 5.41) is 3.96. The van der Waals surface area contributed by atoms with Crippen molar-refractivity contribution in [3.8, 4) is 0 Å². The molecule has 30 heavy (non-hydrogen) atoms. The molecule has 4 rings (SSSR count). The van der Waals surface area contributed by atoms with Gasteiger partial charge < -0.3 is 9.42 Å². The number of nitrogens with zero attached hydrogens (tertiary/aromatic N) is 5. The summed E-state index contributed by atoms with van der Waals surface area (Å²) in [7, 11) is -3.17. The maximum absolute atomic E-state index is 13.1. The van der Waals surface area contributed by atoms with Crippen molar-refractivity contribution < 1.29 is 17.7 Å². The predicted molar refractivity (Wildman–Crippen MR) is 111 cm³/mol. The molecule has 0 aliphatic carbocycles. The van der Waals surface area contributed by atoms with E-state index in [9.17, 15) is 13.2 Å². The maximum Gasteiger partial charge on any atom is 0.244 e. The number of carbonyl (C=O) groups is 1. The van der Waals surface area contributed by atoms with Crippen molar-refractivity contribution in [1.82, 2.24) is 24.2 Å². The van der Waals surface area contributed by atoms with Crippen LogP contribution in [0, 0.1) is 12.3 Å². The van der Waals surface area contributed by atoms with E-state index in [1.165, 1.54) is 19.1 Å². The van der Waals surface area contributed by atoms with Crippen LogP contribution in [0.15, 0.2) is 4.52 Å². The lowest BCUT2D eigenvalue weighted by Crippen LogP contribution is -2.45. The Balaban J connectivity index is 1.49. The molecule has 10 heteroatoms. The molecule has 0 N–H and O–H groups in total. The first kappa shape index (κ1) is 21.7. The van der Waals surface area contributed by atoms with Crippen molar-refractivity contribution >= 4 is 15.9 Å². The molecule has 3 fully saturated rings. The van der Waals surface area contributed by atoms with Crippen molar-refractivity contribution in [3.63, 3.8) is 0 Å². The fourth-order valence-corrected chi connectivity index (χ4v) is 6.10. The highest BCUT2D eigenvalue weighted by molar-refractivity contribution is 7.88. The Morgan fingerprint density at radius 1 is 1.13 bits per heavy atom. The van der Waals surface area contributed by atoms with Gasteiger partial charge >= 0.3 is 0 Å². The Bertz CT molecular complexity index is 854. The van der Waals surface area contributed by atoms with Gasteiger partial charge in [0.25, 0.3) is 0 Å². The molecule has 1 aromatic rings. The minimum atomic E-state index is -3.17. The lowest BCUT2D eigenvalue weighted by atomic mass is 9.77. The van der Waals surface area contributed by atoms with Crippen LogP contribution in [0.4, 0.5) is 0 Å². The Morgan fingerprint density at radius 3 is 2.37 bits per heavy atom. The molecular weight excluding hydrogens is 406 g/mol. The molecule has 1 aromatic heterocycles. The Morgan fingerprint density at radius 2 is 1.80 bits per heavy atom. The summed E-state index contributed by atoms with van der Waals surface area (Å²) < 4.78 is 30.9. The van der Waals surface area contributed by atoms with E-state index in [2.05, 4.69) is 15.0 Å². The summed E-state index contributed by atoms with van der Waals surface area (Å²) in [6.07, 6.45) is 8.20. The van der Waals surface area contributed by atoms with Crippen molar-refractivity contribution in [1.29, 1.82) is 0 Å². The monoisotopic (exact) mass is 439 g/mol. The van der Waals surface area contributed by atoms with Gasteiger partial charge in [-0.2, -0.15) is 4.98 Å². The Hall–Kier alpha value is -1.52. The van der Waals surface area contributed by atoms with E-state index < -0.39 is 10.0 Å². The standard InChI is InChI=1S/C20H33N5O4S/c1-16-21-19(29-22-16)17-13-20(7-11-25(12-8-20)30(2,27)28)15-24(17)14-18(26)23-9-5-3-4-6-10-23/h17H,3-15H2,1-2H3. The van der Waals surface area contributed by atoms with Gasteiger partial charge in [0.1, 0.15) is 0 Å². The quantitative estimate of drug-likeness (QED) is 0.702. The highest BCUT2D eigenvalue weighted by Gasteiger charge is 2.49. The zero-order valence-corrected chi connectivity index (χ0v) is 18.9. The molecular formula is C20H33N5O4S. The zero-order chi connectivity index (χ0) is 21.4. The molecule has 0 bridgehead atoms. The number of amides is 1. The molecule has 1 amide bonds. The molecule has 3 aliphatic heterocycles. The molecule has 0 saturated carbocycles. The van der Waals surface area contributed by atoms with E-state index in [4.69, 9.17) is 4.52 Å². The lowest BCUT2D eigenvalue weighted by Gasteiger charge is -2.38.